The first-order valence-electron chi connectivity index (χ1n) is 9.81. The predicted octanol–water partition coefficient (Wildman–Crippen LogP) is 8.73. The zero-order chi connectivity index (χ0) is 19.4. The van der Waals surface area contributed by atoms with E-state index in [9.17, 15) is 0 Å². The molecule has 0 amide bonds. The lowest BCUT2D eigenvalue weighted by Crippen LogP contribution is -1.87. The Morgan fingerprint density at radius 3 is 1.72 bits per heavy atom. The van der Waals surface area contributed by atoms with E-state index in [4.69, 9.17) is 0 Å². The zero-order valence-electron chi connectivity index (χ0n) is 15.7. The van der Waals surface area contributed by atoms with Gasteiger partial charge in [0.1, 0.15) is 0 Å². The second-order valence-electron chi connectivity index (χ2n) is 7.53. The summed E-state index contributed by atoms with van der Waals surface area (Å²) in [5.41, 5.74) is 2.54. The average molecular weight is 433 g/mol. The number of hydrogen-bond donors (Lipinski definition) is 0. The molecule has 6 rings (SSSR count). The van der Waals surface area contributed by atoms with E-state index in [2.05, 4.69) is 119 Å². The molecule has 0 fully saturated rings. The van der Waals surface area contributed by atoms with Crippen molar-refractivity contribution in [3.05, 3.63) is 108 Å². The lowest BCUT2D eigenvalue weighted by molar-refractivity contribution is 1.67. The summed E-state index contributed by atoms with van der Waals surface area (Å²) in [6.07, 6.45) is 0. The van der Waals surface area contributed by atoms with Gasteiger partial charge in [-0.05, 0) is 72.4 Å². The molecule has 29 heavy (non-hydrogen) atoms. The third kappa shape index (κ3) is 2.58. The lowest BCUT2D eigenvalue weighted by atomic mass is 9.89. The minimum atomic E-state index is 1.11. The monoisotopic (exact) mass is 432 g/mol. The molecular formula is C28H17Br. The van der Waals surface area contributed by atoms with Crippen molar-refractivity contribution in [1.82, 2.24) is 0 Å². The summed E-state index contributed by atoms with van der Waals surface area (Å²) in [5.74, 6) is 0. The smallest absolute Gasteiger partial charge is 0.0181 e. The Balaban J connectivity index is 1.77. The molecule has 0 atom stereocenters. The van der Waals surface area contributed by atoms with Gasteiger partial charge in [0, 0.05) is 4.47 Å². The molecule has 136 valence electrons. The van der Waals surface area contributed by atoms with Crippen LogP contribution in [0.2, 0.25) is 0 Å². The van der Waals surface area contributed by atoms with Crippen LogP contribution in [0.3, 0.4) is 0 Å². The van der Waals surface area contributed by atoms with Crippen molar-refractivity contribution >= 4 is 59.0 Å². The summed E-state index contributed by atoms with van der Waals surface area (Å²) in [7, 11) is 0. The Labute approximate surface area is 177 Å². The van der Waals surface area contributed by atoms with Crippen LogP contribution in [0.4, 0.5) is 0 Å². The highest BCUT2D eigenvalue weighted by Gasteiger charge is 2.12. The summed E-state index contributed by atoms with van der Waals surface area (Å²) in [4.78, 5) is 0. The average Bonchev–Trinajstić information content (AvgIpc) is 2.78. The van der Waals surface area contributed by atoms with Gasteiger partial charge in [-0.3, -0.25) is 0 Å². The molecule has 0 bridgehead atoms. The predicted molar refractivity (Wildman–Crippen MR) is 130 cm³/mol. The van der Waals surface area contributed by atoms with Crippen LogP contribution >= 0.6 is 15.9 Å². The molecule has 0 aliphatic carbocycles. The van der Waals surface area contributed by atoms with E-state index in [0.29, 0.717) is 0 Å². The summed E-state index contributed by atoms with van der Waals surface area (Å²) >= 11 is 3.58. The van der Waals surface area contributed by atoms with Crippen LogP contribution in [-0.2, 0) is 0 Å². The molecule has 1 heteroatoms. The molecule has 0 heterocycles. The lowest BCUT2D eigenvalue weighted by Gasteiger charge is -2.14. The molecule has 6 aromatic carbocycles. The first-order valence-corrected chi connectivity index (χ1v) is 10.6. The molecule has 0 radical (unpaired) electrons. The molecule has 0 aliphatic rings. The van der Waals surface area contributed by atoms with Crippen LogP contribution < -0.4 is 0 Å². The van der Waals surface area contributed by atoms with Gasteiger partial charge in [0.15, 0.2) is 0 Å². The van der Waals surface area contributed by atoms with Gasteiger partial charge >= 0.3 is 0 Å². The number of hydrogen-bond acceptors (Lipinski definition) is 0. The van der Waals surface area contributed by atoms with Crippen molar-refractivity contribution in [3.63, 3.8) is 0 Å². The molecule has 0 spiro atoms. The van der Waals surface area contributed by atoms with Crippen molar-refractivity contribution in [2.75, 3.05) is 0 Å². The highest BCUT2D eigenvalue weighted by atomic mass is 79.9. The Kier molecular flexibility index (Phi) is 3.72. The number of rotatable bonds is 1. The van der Waals surface area contributed by atoms with Gasteiger partial charge in [-0.2, -0.15) is 0 Å². The van der Waals surface area contributed by atoms with Crippen molar-refractivity contribution in [3.8, 4) is 11.1 Å². The van der Waals surface area contributed by atoms with Gasteiger partial charge in [-0.15, -0.1) is 0 Å². The second-order valence-corrected chi connectivity index (χ2v) is 8.44. The van der Waals surface area contributed by atoms with Gasteiger partial charge in [-0.25, -0.2) is 0 Å². The normalized spacial score (nSPS) is 11.6. The highest BCUT2D eigenvalue weighted by molar-refractivity contribution is 9.10. The quantitative estimate of drug-likeness (QED) is 0.228. The minimum absolute atomic E-state index is 1.11. The van der Waals surface area contributed by atoms with Crippen LogP contribution in [0.15, 0.2) is 108 Å². The third-order valence-corrected chi connectivity index (χ3v) is 6.37. The van der Waals surface area contributed by atoms with Gasteiger partial charge in [-0.1, -0.05) is 101 Å². The highest BCUT2D eigenvalue weighted by Crippen LogP contribution is 2.40. The maximum atomic E-state index is 3.58. The van der Waals surface area contributed by atoms with Crippen LogP contribution in [0.25, 0.3) is 54.2 Å². The molecule has 0 N–H and O–H groups in total. The van der Waals surface area contributed by atoms with Crippen molar-refractivity contribution < 1.29 is 0 Å². The third-order valence-electron chi connectivity index (χ3n) is 5.88. The number of benzene rings is 6. The van der Waals surface area contributed by atoms with Crippen LogP contribution in [0.1, 0.15) is 0 Å². The van der Waals surface area contributed by atoms with Gasteiger partial charge in [0.2, 0.25) is 0 Å². The van der Waals surface area contributed by atoms with E-state index in [1.807, 2.05) is 0 Å². The molecule has 0 saturated heterocycles. The minimum Gasteiger partial charge on any atom is -0.0616 e. The van der Waals surface area contributed by atoms with Crippen LogP contribution in [0.5, 0.6) is 0 Å². The van der Waals surface area contributed by atoms with Gasteiger partial charge < -0.3 is 0 Å². The Bertz CT molecular complexity index is 1510. The fraction of sp³-hybridized carbons (Fsp3) is 0. The van der Waals surface area contributed by atoms with E-state index >= 15 is 0 Å². The summed E-state index contributed by atoms with van der Waals surface area (Å²) in [6, 6.07) is 37.4. The van der Waals surface area contributed by atoms with E-state index in [1.165, 1.54) is 54.2 Å². The second kappa shape index (κ2) is 6.43. The molecule has 0 saturated carbocycles. The summed E-state index contributed by atoms with van der Waals surface area (Å²) < 4.78 is 1.11. The standard InChI is InChI=1S/C28H17Br/c29-21-15-14-18-16-20(13-12-19(18)17-21)22-10-5-11-27-25-7-2-1-6-23(25)24-8-3-4-9-26(24)28(22)27/h1-17H. The van der Waals surface area contributed by atoms with E-state index in [-0.39, 0.29) is 0 Å². The Morgan fingerprint density at radius 2 is 1.00 bits per heavy atom. The molecular weight excluding hydrogens is 416 g/mol. The van der Waals surface area contributed by atoms with E-state index in [0.717, 1.165) is 4.47 Å². The first kappa shape index (κ1) is 16.8. The fourth-order valence-electron chi connectivity index (χ4n) is 4.58. The molecule has 0 aromatic heterocycles. The van der Waals surface area contributed by atoms with Crippen molar-refractivity contribution in [2.24, 2.45) is 0 Å². The van der Waals surface area contributed by atoms with Crippen molar-refractivity contribution in [1.29, 1.82) is 0 Å². The summed E-state index contributed by atoms with van der Waals surface area (Å²) in [6.45, 7) is 0. The van der Waals surface area contributed by atoms with Gasteiger partial charge in [0.05, 0.1) is 0 Å². The summed E-state index contributed by atoms with van der Waals surface area (Å²) in [5, 5.41) is 10.4. The zero-order valence-corrected chi connectivity index (χ0v) is 17.3. The largest absolute Gasteiger partial charge is 0.0616 e. The molecule has 0 aliphatic heterocycles. The van der Waals surface area contributed by atoms with Gasteiger partial charge in [0.25, 0.3) is 0 Å². The van der Waals surface area contributed by atoms with E-state index < -0.39 is 0 Å². The maximum Gasteiger partial charge on any atom is 0.0181 e. The molecule has 0 nitrogen and oxygen atoms in total. The van der Waals surface area contributed by atoms with E-state index in [1.54, 1.807) is 0 Å². The van der Waals surface area contributed by atoms with Crippen molar-refractivity contribution in [2.45, 2.75) is 0 Å². The Hall–Kier alpha value is -3.16. The number of fused-ring (bicyclic) bond motifs is 7. The number of halogens is 1. The van der Waals surface area contributed by atoms with Crippen LogP contribution in [0, 0.1) is 0 Å². The molecule has 0 unspecified atom stereocenters. The first-order chi connectivity index (χ1) is 14.3. The fourth-order valence-corrected chi connectivity index (χ4v) is 4.96. The Morgan fingerprint density at radius 1 is 0.448 bits per heavy atom. The van der Waals surface area contributed by atoms with Crippen LogP contribution in [-0.4, -0.2) is 0 Å². The topological polar surface area (TPSA) is 0 Å². The maximum absolute atomic E-state index is 3.58. The molecule has 6 aromatic rings. The SMILES string of the molecule is Brc1ccc2cc(-c3cccc4c5ccccc5c5ccccc5c34)ccc2c1.